The molecule has 0 atom stereocenters. The molecule has 0 bridgehead atoms. The highest BCUT2D eigenvalue weighted by Crippen LogP contribution is 2.37. The van der Waals surface area contributed by atoms with Gasteiger partial charge in [0, 0.05) is 17.0 Å². The monoisotopic (exact) mass is 524 g/mol. The maximum atomic E-state index is 13.5. The molecule has 2 heterocycles. The number of aromatic nitrogens is 2. The summed E-state index contributed by atoms with van der Waals surface area (Å²) in [5.74, 6) is 0.806. The molecule has 10 heteroatoms. The summed E-state index contributed by atoms with van der Waals surface area (Å²) in [6.45, 7) is 3.72. The lowest BCUT2D eigenvalue weighted by molar-refractivity contribution is 0.102. The minimum atomic E-state index is -0.283. The number of nitrogens with zero attached hydrogens (tertiary/aromatic N) is 2. The van der Waals surface area contributed by atoms with Gasteiger partial charge in [-0.1, -0.05) is 29.3 Å². The lowest BCUT2D eigenvalue weighted by Crippen LogP contribution is -2.29. The molecule has 0 spiro atoms. The zero-order valence-electron chi connectivity index (χ0n) is 19.2. The van der Waals surface area contributed by atoms with E-state index in [9.17, 15) is 4.79 Å². The van der Waals surface area contributed by atoms with E-state index in [4.69, 9.17) is 32.7 Å². The SMILES string of the molecule is COc1cc(OC)c(NC(=O)c2cnn(-c3cccc(Cl)c3C)c2C2CCNCC2)cc1Cl.Cl. The lowest BCUT2D eigenvalue weighted by Gasteiger charge is -2.25. The van der Waals surface area contributed by atoms with Gasteiger partial charge in [-0.25, -0.2) is 4.68 Å². The van der Waals surface area contributed by atoms with E-state index >= 15 is 0 Å². The summed E-state index contributed by atoms with van der Waals surface area (Å²) in [4.78, 5) is 13.5. The summed E-state index contributed by atoms with van der Waals surface area (Å²) < 4.78 is 12.5. The van der Waals surface area contributed by atoms with Crippen LogP contribution in [0.25, 0.3) is 5.69 Å². The Morgan fingerprint density at radius 2 is 1.82 bits per heavy atom. The molecule has 7 nitrogen and oxygen atoms in total. The molecule has 0 unspecified atom stereocenters. The van der Waals surface area contributed by atoms with Crippen molar-refractivity contribution in [3.05, 3.63) is 63.4 Å². The number of benzene rings is 2. The van der Waals surface area contributed by atoms with Gasteiger partial charge in [0.05, 0.1) is 48.1 Å². The van der Waals surface area contributed by atoms with Gasteiger partial charge in [0.25, 0.3) is 5.91 Å². The summed E-state index contributed by atoms with van der Waals surface area (Å²) in [5.41, 5.74) is 3.61. The third-order valence-electron chi connectivity index (χ3n) is 5.97. The van der Waals surface area contributed by atoms with Crippen molar-refractivity contribution in [3.63, 3.8) is 0 Å². The highest BCUT2D eigenvalue weighted by atomic mass is 35.5. The number of ether oxygens (including phenoxy) is 2. The van der Waals surface area contributed by atoms with Crippen molar-refractivity contribution in [1.29, 1.82) is 0 Å². The second-order valence-corrected chi connectivity index (χ2v) is 8.72. The second-order valence-electron chi connectivity index (χ2n) is 7.90. The molecule has 0 saturated carbocycles. The first-order chi connectivity index (χ1) is 15.9. The summed E-state index contributed by atoms with van der Waals surface area (Å²) in [5, 5.41) is 12.0. The molecule has 1 fully saturated rings. The van der Waals surface area contributed by atoms with Gasteiger partial charge in [0.2, 0.25) is 0 Å². The molecule has 3 aromatic rings. The van der Waals surface area contributed by atoms with E-state index in [0.717, 1.165) is 42.9 Å². The molecule has 1 aromatic heterocycles. The van der Waals surface area contributed by atoms with Crippen molar-refractivity contribution in [3.8, 4) is 17.2 Å². The molecule has 2 aromatic carbocycles. The molecule has 0 radical (unpaired) electrons. The number of anilines is 1. The first-order valence-corrected chi connectivity index (χ1v) is 11.5. The number of hydrogen-bond donors (Lipinski definition) is 2. The molecular formula is C24H27Cl3N4O3. The number of amides is 1. The first kappa shape index (κ1) is 26.2. The van der Waals surface area contributed by atoms with Crippen molar-refractivity contribution in [2.45, 2.75) is 25.7 Å². The summed E-state index contributed by atoms with van der Waals surface area (Å²) >= 11 is 12.7. The smallest absolute Gasteiger partial charge is 0.259 e. The Hall–Kier alpha value is -2.45. The predicted octanol–water partition coefficient (Wildman–Crippen LogP) is 5.65. The van der Waals surface area contributed by atoms with E-state index in [-0.39, 0.29) is 24.2 Å². The minimum Gasteiger partial charge on any atom is -0.495 e. The zero-order chi connectivity index (χ0) is 23.5. The summed E-state index contributed by atoms with van der Waals surface area (Å²) in [6.07, 6.45) is 3.43. The van der Waals surface area contributed by atoms with Crippen LogP contribution in [0.4, 0.5) is 5.69 Å². The number of carbonyl (C=O) groups is 1. The third-order valence-corrected chi connectivity index (χ3v) is 6.67. The van der Waals surface area contributed by atoms with Crippen LogP contribution in [0, 0.1) is 6.92 Å². The van der Waals surface area contributed by atoms with Crippen LogP contribution < -0.4 is 20.1 Å². The number of rotatable bonds is 6. The Bertz CT molecular complexity index is 1180. The van der Waals surface area contributed by atoms with Crippen LogP contribution in [-0.2, 0) is 0 Å². The fourth-order valence-electron chi connectivity index (χ4n) is 4.19. The molecule has 0 aliphatic carbocycles. The number of halogens is 3. The van der Waals surface area contributed by atoms with Crippen molar-refractivity contribution in [2.75, 3.05) is 32.6 Å². The molecule has 34 heavy (non-hydrogen) atoms. The lowest BCUT2D eigenvalue weighted by atomic mass is 9.91. The van der Waals surface area contributed by atoms with Gasteiger partial charge in [0.15, 0.2) is 0 Å². The number of hydrogen-bond acceptors (Lipinski definition) is 5. The molecule has 182 valence electrons. The van der Waals surface area contributed by atoms with Crippen molar-refractivity contribution in [1.82, 2.24) is 15.1 Å². The topological polar surface area (TPSA) is 77.4 Å². The standard InChI is InChI=1S/C24H26Cl2N4O3.ClH/c1-14-17(25)5-4-6-20(14)30-23(15-7-9-27-10-8-15)16(13-28-30)24(31)29-19-11-18(26)21(32-2)12-22(19)33-3;/h4-6,11-13,15,27H,7-10H2,1-3H3,(H,29,31);1H. The highest BCUT2D eigenvalue weighted by molar-refractivity contribution is 6.32. The van der Waals surface area contributed by atoms with Gasteiger partial charge in [0.1, 0.15) is 11.5 Å². The van der Waals surface area contributed by atoms with Gasteiger partial charge in [-0.15, -0.1) is 12.4 Å². The third kappa shape index (κ3) is 5.13. The van der Waals surface area contributed by atoms with Crippen LogP contribution in [0.2, 0.25) is 10.0 Å². The normalized spacial score (nSPS) is 13.8. The largest absolute Gasteiger partial charge is 0.495 e. The van der Waals surface area contributed by atoms with E-state index in [1.54, 1.807) is 18.3 Å². The van der Waals surface area contributed by atoms with Gasteiger partial charge in [-0.2, -0.15) is 5.10 Å². The fourth-order valence-corrected chi connectivity index (χ4v) is 4.60. The van der Waals surface area contributed by atoms with Gasteiger partial charge in [-0.05, 0) is 56.6 Å². The van der Waals surface area contributed by atoms with E-state index in [2.05, 4.69) is 15.7 Å². The van der Waals surface area contributed by atoms with Crippen LogP contribution in [0.15, 0.2) is 36.5 Å². The van der Waals surface area contributed by atoms with E-state index < -0.39 is 0 Å². The molecule has 1 aliphatic heterocycles. The fraction of sp³-hybridized carbons (Fsp3) is 0.333. The van der Waals surface area contributed by atoms with E-state index in [1.807, 2.05) is 29.8 Å². The molecule has 4 rings (SSSR count). The van der Waals surface area contributed by atoms with Crippen LogP contribution in [-0.4, -0.2) is 43.0 Å². The summed E-state index contributed by atoms with van der Waals surface area (Å²) in [7, 11) is 3.05. The number of carbonyl (C=O) groups excluding carboxylic acids is 1. The molecule has 2 N–H and O–H groups in total. The number of nitrogens with one attached hydrogen (secondary N) is 2. The Morgan fingerprint density at radius 3 is 2.50 bits per heavy atom. The predicted molar refractivity (Wildman–Crippen MR) is 138 cm³/mol. The Morgan fingerprint density at radius 1 is 1.12 bits per heavy atom. The minimum absolute atomic E-state index is 0. The average molecular weight is 526 g/mol. The highest BCUT2D eigenvalue weighted by Gasteiger charge is 2.28. The molecule has 1 amide bonds. The maximum absolute atomic E-state index is 13.5. The Kier molecular flexibility index (Phi) is 8.71. The van der Waals surface area contributed by atoms with Gasteiger partial charge >= 0.3 is 0 Å². The Labute approximate surface area is 215 Å². The average Bonchev–Trinajstić information content (AvgIpc) is 3.26. The molecule has 1 aliphatic rings. The number of piperidine rings is 1. The molecule has 1 saturated heterocycles. The van der Waals surface area contributed by atoms with E-state index in [0.29, 0.717) is 32.8 Å². The van der Waals surface area contributed by atoms with Crippen molar-refractivity contribution in [2.24, 2.45) is 0 Å². The van der Waals surface area contributed by atoms with E-state index in [1.165, 1.54) is 14.2 Å². The van der Waals surface area contributed by atoms with Gasteiger partial charge < -0.3 is 20.1 Å². The van der Waals surface area contributed by atoms with Crippen LogP contribution in [0.3, 0.4) is 0 Å². The maximum Gasteiger partial charge on any atom is 0.259 e. The van der Waals surface area contributed by atoms with Gasteiger partial charge in [-0.3, -0.25) is 4.79 Å². The van der Waals surface area contributed by atoms with Crippen molar-refractivity contribution >= 4 is 47.2 Å². The van der Waals surface area contributed by atoms with Crippen LogP contribution in [0.1, 0.15) is 40.4 Å². The first-order valence-electron chi connectivity index (χ1n) is 10.7. The Balaban J connectivity index is 0.00000324. The second kappa shape index (κ2) is 11.3. The zero-order valence-corrected chi connectivity index (χ0v) is 21.5. The van der Waals surface area contributed by atoms with Crippen molar-refractivity contribution < 1.29 is 14.3 Å². The molecular weight excluding hydrogens is 499 g/mol. The number of methoxy groups -OCH3 is 2. The van der Waals surface area contributed by atoms with Crippen LogP contribution >= 0.6 is 35.6 Å². The quantitative estimate of drug-likeness (QED) is 0.435. The van der Waals surface area contributed by atoms with Crippen LogP contribution in [0.5, 0.6) is 11.5 Å². The summed E-state index contributed by atoms with van der Waals surface area (Å²) in [6, 6.07) is 8.97.